The molecule has 0 aromatic heterocycles. The van der Waals surface area contributed by atoms with Gasteiger partial charge >= 0.3 is 5.97 Å². The standard InChI is InChI=1S/C21H23NO3/c1-19(2)20(3)10-11-21(19,13-17(20)22-24)18(23)25-16-9-8-14-6-4-5-7-15(14)12-16/h4-9,12,24H,10-11,13H2,1-3H3. The fourth-order valence-corrected chi connectivity index (χ4v) is 4.92. The Bertz CT molecular complexity index is 901. The molecule has 2 bridgehead atoms. The highest BCUT2D eigenvalue weighted by atomic mass is 16.5. The molecule has 1 N–H and O–H groups in total. The van der Waals surface area contributed by atoms with Gasteiger partial charge in [0.15, 0.2) is 0 Å². The molecule has 2 aliphatic rings. The lowest BCUT2D eigenvalue weighted by Gasteiger charge is -2.38. The monoisotopic (exact) mass is 337 g/mol. The van der Waals surface area contributed by atoms with Gasteiger partial charge < -0.3 is 9.94 Å². The van der Waals surface area contributed by atoms with Crippen LogP contribution >= 0.6 is 0 Å². The molecule has 2 fully saturated rings. The number of hydrogen-bond acceptors (Lipinski definition) is 4. The third kappa shape index (κ3) is 1.94. The second kappa shape index (κ2) is 5.07. The normalized spacial score (nSPS) is 31.6. The SMILES string of the molecule is CC12CCC(C(=O)Oc3ccc4ccccc4c3)(CC1=NO)C2(C)C. The maximum Gasteiger partial charge on any atom is 0.318 e. The lowest BCUT2D eigenvalue weighted by Crippen LogP contribution is -2.42. The molecule has 130 valence electrons. The summed E-state index contributed by atoms with van der Waals surface area (Å²) in [4.78, 5) is 13.2. The van der Waals surface area contributed by atoms with Crippen LogP contribution in [0.25, 0.3) is 10.8 Å². The van der Waals surface area contributed by atoms with Crippen molar-refractivity contribution in [2.75, 3.05) is 0 Å². The highest BCUT2D eigenvalue weighted by Crippen LogP contribution is 2.71. The third-order valence-corrected chi connectivity index (χ3v) is 7.18. The van der Waals surface area contributed by atoms with E-state index in [9.17, 15) is 10.0 Å². The smallest absolute Gasteiger partial charge is 0.318 e. The third-order valence-electron chi connectivity index (χ3n) is 7.18. The average Bonchev–Trinajstić information content (AvgIpc) is 2.91. The number of ether oxygens (including phenoxy) is 1. The van der Waals surface area contributed by atoms with Gasteiger partial charge in [-0.25, -0.2) is 0 Å². The molecule has 2 aromatic carbocycles. The number of fused-ring (bicyclic) bond motifs is 3. The van der Waals surface area contributed by atoms with Crippen LogP contribution in [0.4, 0.5) is 0 Å². The predicted molar refractivity (Wildman–Crippen MR) is 97.0 cm³/mol. The van der Waals surface area contributed by atoms with Crippen molar-refractivity contribution >= 4 is 22.5 Å². The number of benzene rings is 2. The fraction of sp³-hybridized carbons (Fsp3) is 0.429. The Morgan fingerprint density at radius 2 is 1.80 bits per heavy atom. The molecule has 0 amide bonds. The van der Waals surface area contributed by atoms with Gasteiger partial charge in [-0.05, 0) is 41.2 Å². The minimum Gasteiger partial charge on any atom is -0.426 e. The summed E-state index contributed by atoms with van der Waals surface area (Å²) in [5, 5.41) is 15.1. The molecule has 4 heteroatoms. The van der Waals surface area contributed by atoms with Gasteiger partial charge in [-0.15, -0.1) is 0 Å². The molecule has 0 aliphatic heterocycles. The van der Waals surface area contributed by atoms with Crippen molar-refractivity contribution in [3.05, 3.63) is 42.5 Å². The van der Waals surface area contributed by atoms with Crippen molar-refractivity contribution in [2.45, 2.75) is 40.0 Å². The van der Waals surface area contributed by atoms with Crippen molar-refractivity contribution in [3.8, 4) is 5.75 Å². The van der Waals surface area contributed by atoms with E-state index in [1.54, 1.807) is 0 Å². The van der Waals surface area contributed by atoms with E-state index in [2.05, 4.69) is 25.9 Å². The lowest BCUT2D eigenvalue weighted by molar-refractivity contribution is -0.151. The number of hydrogen-bond donors (Lipinski definition) is 1. The fourth-order valence-electron chi connectivity index (χ4n) is 4.92. The van der Waals surface area contributed by atoms with E-state index in [4.69, 9.17) is 4.74 Å². The number of esters is 1. The Balaban J connectivity index is 1.68. The molecule has 2 aliphatic carbocycles. The van der Waals surface area contributed by atoms with Crippen LogP contribution < -0.4 is 4.74 Å². The van der Waals surface area contributed by atoms with Gasteiger partial charge in [0, 0.05) is 11.8 Å². The minimum atomic E-state index is -0.630. The Hall–Kier alpha value is -2.36. The zero-order valence-electron chi connectivity index (χ0n) is 14.9. The van der Waals surface area contributed by atoms with E-state index in [1.807, 2.05) is 42.5 Å². The van der Waals surface area contributed by atoms with Crippen LogP contribution in [0.5, 0.6) is 5.75 Å². The van der Waals surface area contributed by atoms with Crippen LogP contribution in [0.2, 0.25) is 0 Å². The van der Waals surface area contributed by atoms with Crippen molar-refractivity contribution in [3.63, 3.8) is 0 Å². The Morgan fingerprint density at radius 3 is 2.48 bits per heavy atom. The first-order valence-electron chi connectivity index (χ1n) is 8.77. The maximum atomic E-state index is 13.2. The molecular weight excluding hydrogens is 314 g/mol. The Morgan fingerprint density at radius 1 is 1.08 bits per heavy atom. The molecule has 4 nitrogen and oxygen atoms in total. The van der Waals surface area contributed by atoms with Gasteiger partial charge in [0.05, 0.1) is 11.1 Å². The van der Waals surface area contributed by atoms with Crippen LogP contribution in [0.3, 0.4) is 0 Å². The summed E-state index contributed by atoms with van der Waals surface area (Å²) in [5.74, 6) is 0.354. The van der Waals surface area contributed by atoms with E-state index in [-0.39, 0.29) is 16.8 Å². The number of carbonyl (C=O) groups is 1. The van der Waals surface area contributed by atoms with Gasteiger partial charge in [-0.3, -0.25) is 4.79 Å². The quantitative estimate of drug-likeness (QED) is 0.371. The molecule has 25 heavy (non-hydrogen) atoms. The van der Waals surface area contributed by atoms with Crippen LogP contribution in [0.1, 0.15) is 40.0 Å². The van der Waals surface area contributed by atoms with Gasteiger partial charge in [0.25, 0.3) is 0 Å². The summed E-state index contributed by atoms with van der Waals surface area (Å²) in [6.45, 7) is 6.29. The van der Waals surface area contributed by atoms with Crippen LogP contribution in [-0.4, -0.2) is 16.9 Å². The highest BCUT2D eigenvalue weighted by molar-refractivity contribution is 6.01. The van der Waals surface area contributed by atoms with E-state index < -0.39 is 5.41 Å². The molecular formula is C21H23NO3. The molecule has 0 radical (unpaired) electrons. The predicted octanol–water partition coefficient (Wildman–Crippen LogP) is 4.79. The molecule has 2 atom stereocenters. The van der Waals surface area contributed by atoms with Gasteiger partial charge in [0.2, 0.25) is 0 Å². The Labute approximate surface area is 147 Å². The van der Waals surface area contributed by atoms with E-state index in [1.165, 1.54) is 0 Å². The van der Waals surface area contributed by atoms with Crippen molar-refractivity contribution in [1.29, 1.82) is 0 Å². The van der Waals surface area contributed by atoms with Crippen molar-refractivity contribution in [2.24, 2.45) is 21.4 Å². The van der Waals surface area contributed by atoms with Gasteiger partial charge in [-0.1, -0.05) is 56.3 Å². The second-order valence-electron chi connectivity index (χ2n) is 8.16. The molecule has 4 rings (SSSR count). The van der Waals surface area contributed by atoms with Gasteiger partial charge in [0.1, 0.15) is 5.75 Å². The molecule has 0 spiro atoms. The maximum absolute atomic E-state index is 13.2. The molecule has 0 heterocycles. The largest absolute Gasteiger partial charge is 0.426 e. The van der Waals surface area contributed by atoms with Crippen LogP contribution in [0, 0.1) is 16.2 Å². The second-order valence-corrected chi connectivity index (χ2v) is 8.16. The average molecular weight is 337 g/mol. The zero-order valence-corrected chi connectivity index (χ0v) is 14.9. The molecule has 0 saturated heterocycles. The van der Waals surface area contributed by atoms with Crippen molar-refractivity contribution < 1.29 is 14.7 Å². The molecule has 2 saturated carbocycles. The summed E-state index contributed by atoms with van der Waals surface area (Å²) in [7, 11) is 0. The Kier molecular flexibility index (Phi) is 3.27. The summed E-state index contributed by atoms with van der Waals surface area (Å²) in [6.07, 6.45) is 2.08. The molecule has 2 unspecified atom stereocenters. The number of nitrogens with zero attached hydrogens (tertiary/aromatic N) is 1. The summed E-state index contributed by atoms with van der Waals surface area (Å²) >= 11 is 0. The first-order valence-corrected chi connectivity index (χ1v) is 8.77. The number of oxime groups is 1. The van der Waals surface area contributed by atoms with E-state index >= 15 is 0 Å². The first-order chi connectivity index (χ1) is 11.8. The molecule has 2 aromatic rings. The van der Waals surface area contributed by atoms with Crippen molar-refractivity contribution in [1.82, 2.24) is 0 Å². The highest BCUT2D eigenvalue weighted by Gasteiger charge is 2.72. The minimum absolute atomic E-state index is 0.213. The number of rotatable bonds is 2. The zero-order chi connectivity index (χ0) is 17.9. The van der Waals surface area contributed by atoms with Crippen LogP contribution in [-0.2, 0) is 4.79 Å². The van der Waals surface area contributed by atoms with E-state index in [0.29, 0.717) is 12.2 Å². The van der Waals surface area contributed by atoms with Gasteiger partial charge in [-0.2, -0.15) is 0 Å². The number of carbonyl (C=O) groups excluding carboxylic acids is 1. The lowest BCUT2D eigenvalue weighted by atomic mass is 9.65. The first kappa shape index (κ1) is 16.1. The van der Waals surface area contributed by atoms with E-state index in [0.717, 1.165) is 29.3 Å². The van der Waals surface area contributed by atoms with Crippen LogP contribution in [0.15, 0.2) is 47.6 Å². The summed E-state index contributed by atoms with van der Waals surface area (Å²) in [6, 6.07) is 13.7. The summed E-state index contributed by atoms with van der Waals surface area (Å²) in [5.41, 5.74) is -0.478. The topological polar surface area (TPSA) is 58.9 Å². The summed E-state index contributed by atoms with van der Waals surface area (Å²) < 4.78 is 5.83.